The van der Waals surface area contributed by atoms with Crippen molar-refractivity contribution in [1.82, 2.24) is 4.90 Å². The molecule has 2 aliphatic carbocycles. The quantitative estimate of drug-likeness (QED) is 0.725. The van der Waals surface area contributed by atoms with E-state index in [1.807, 2.05) is 0 Å². The number of rotatable bonds is 5. The van der Waals surface area contributed by atoms with Gasteiger partial charge in [-0.25, -0.2) is 0 Å². The second-order valence-electron chi connectivity index (χ2n) is 5.34. The van der Waals surface area contributed by atoms with E-state index in [0.717, 1.165) is 30.7 Å². The summed E-state index contributed by atoms with van der Waals surface area (Å²) in [6, 6.07) is 0. The Hall–Kier alpha value is -0.0800. The van der Waals surface area contributed by atoms with E-state index in [-0.39, 0.29) is 0 Å². The molecule has 3 unspecified atom stereocenters. The van der Waals surface area contributed by atoms with Crippen LogP contribution < -0.4 is 5.73 Å². The number of nitrogens with zero attached hydrogens (tertiary/aromatic N) is 1. The maximum atomic E-state index is 5.52. The van der Waals surface area contributed by atoms with Crippen molar-refractivity contribution in [2.45, 2.75) is 32.1 Å². The molecule has 3 atom stereocenters. The standard InChI is InChI=1S/C12H24N2/c1-14(6-2-5-13)9-12-8-10-3-4-11(12)7-10/h10-12H,2-9,13H2,1H3. The van der Waals surface area contributed by atoms with Gasteiger partial charge in [0.25, 0.3) is 0 Å². The third-order valence-electron chi connectivity index (χ3n) is 4.17. The zero-order valence-corrected chi connectivity index (χ0v) is 9.41. The Morgan fingerprint density at radius 3 is 2.71 bits per heavy atom. The Kier molecular flexibility index (Phi) is 3.45. The van der Waals surface area contributed by atoms with Crippen molar-refractivity contribution in [3.63, 3.8) is 0 Å². The third kappa shape index (κ3) is 2.29. The third-order valence-corrected chi connectivity index (χ3v) is 4.17. The van der Waals surface area contributed by atoms with E-state index in [0.29, 0.717) is 0 Å². The van der Waals surface area contributed by atoms with Crippen LogP contribution in [-0.4, -0.2) is 31.6 Å². The smallest absolute Gasteiger partial charge is 0.000937 e. The van der Waals surface area contributed by atoms with Gasteiger partial charge in [0.05, 0.1) is 0 Å². The van der Waals surface area contributed by atoms with Crippen LogP contribution in [0.1, 0.15) is 32.1 Å². The van der Waals surface area contributed by atoms with E-state index in [1.54, 1.807) is 0 Å². The maximum Gasteiger partial charge on any atom is 0.000937 e. The first-order valence-electron chi connectivity index (χ1n) is 6.18. The Balaban J connectivity index is 1.70. The number of hydrogen-bond acceptors (Lipinski definition) is 2. The molecule has 2 rings (SSSR count). The lowest BCUT2D eigenvalue weighted by Crippen LogP contribution is -2.30. The predicted octanol–water partition coefficient (Wildman–Crippen LogP) is 1.70. The van der Waals surface area contributed by atoms with E-state index >= 15 is 0 Å². The molecule has 0 amide bonds. The van der Waals surface area contributed by atoms with Crippen molar-refractivity contribution in [1.29, 1.82) is 0 Å². The molecule has 0 aliphatic heterocycles. The van der Waals surface area contributed by atoms with Gasteiger partial charge in [-0.05, 0) is 63.6 Å². The Bertz CT molecular complexity index is 181. The van der Waals surface area contributed by atoms with Crippen molar-refractivity contribution in [3.05, 3.63) is 0 Å². The summed E-state index contributed by atoms with van der Waals surface area (Å²) >= 11 is 0. The minimum Gasteiger partial charge on any atom is -0.330 e. The Morgan fingerprint density at radius 1 is 1.29 bits per heavy atom. The number of fused-ring (bicyclic) bond motifs is 2. The van der Waals surface area contributed by atoms with Gasteiger partial charge in [0.1, 0.15) is 0 Å². The highest BCUT2D eigenvalue weighted by Gasteiger charge is 2.39. The molecule has 82 valence electrons. The van der Waals surface area contributed by atoms with Crippen molar-refractivity contribution in [2.24, 2.45) is 23.5 Å². The molecular weight excluding hydrogens is 172 g/mol. The van der Waals surface area contributed by atoms with Crippen LogP contribution in [0.4, 0.5) is 0 Å². The van der Waals surface area contributed by atoms with E-state index in [4.69, 9.17) is 5.73 Å². The largest absolute Gasteiger partial charge is 0.330 e. The molecule has 0 aromatic rings. The fraction of sp³-hybridized carbons (Fsp3) is 1.00. The molecule has 0 heterocycles. The maximum absolute atomic E-state index is 5.52. The summed E-state index contributed by atoms with van der Waals surface area (Å²) in [5.74, 6) is 3.17. The number of hydrogen-bond donors (Lipinski definition) is 1. The molecule has 0 saturated heterocycles. The van der Waals surface area contributed by atoms with Gasteiger partial charge in [-0.15, -0.1) is 0 Å². The molecule has 2 N–H and O–H groups in total. The monoisotopic (exact) mass is 196 g/mol. The normalized spacial score (nSPS) is 35.8. The van der Waals surface area contributed by atoms with Crippen molar-refractivity contribution in [3.8, 4) is 0 Å². The summed E-state index contributed by atoms with van der Waals surface area (Å²) in [6.07, 6.45) is 7.23. The van der Waals surface area contributed by atoms with Gasteiger partial charge in [-0.3, -0.25) is 0 Å². The van der Waals surface area contributed by atoms with Crippen LogP contribution >= 0.6 is 0 Å². The Morgan fingerprint density at radius 2 is 2.14 bits per heavy atom. The summed E-state index contributed by atoms with van der Waals surface area (Å²) in [4.78, 5) is 2.48. The van der Waals surface area contributed by atoms with Crippen LogP contribution in [-0.2, 0) is 0 Å². The minimum atomic E-state index is 0.834. The molecule has 0 radical (unpaired) electrons. The molecule has 2 nitrogen and oxygen atoms in total. The summed E-state index contributed by atoms with van der Waals surface area (Å²) < 4.78 is 0. The first kappa shape index (κ1) is 10.4. The second kappa shape index (κ2) is 4.63. The van der Waals surface area contributed by atoms with Crippen LogP contribution in [0.15, 0.2) is 0 Å². The zero-order chi connectivity index (χ0) is 9.97. The summed E-state index contributed by atoms with van der Waals surface area (Å²) in [7, 11) is 2.25. The van der Waals surface area contributed by atoms with Gasteiger partial charge in [-0.1, -0.05) is 6.42 Å². The first-order valence-corrected chi connectivity index (χ1v) is 6.18. The van der Waals surface area contributed by atoms with E-state index < -0.39 is 0 Å². The fourth-order valence-corrected chi connectivity index (χ4v) is 3.45. The highest BCUT2D eigenvalue weighted by molar-refractivity contribution is 4.90. The molecule has 2 aliphatic rings. The van der Waals surface area contributed by atoms with Crippen molar-refractivity contribution >= 4 is 0 Å². The molecule has 14 heavy (non-hydrogen) atoms. The lowest BCUT2D eigenvalue weighted by molar-refractivity contribution is 0.219. The fourth-order valence-electron chi connectivity index (χ4n) is 3.45. The van der Waals surface area contributed by atoms with Gasteiger partial charge >= 0.3 is 0 Å². The molecule has 2 heteroatoms. The Labute approximate surface area is 87.8 Å². The van der Waals surface area contributed by atoms with Crippen LogP contribution in [0.5, 0.6) is 0 Å². The van der Waals surface area contributed by atoms with Crippen molar-refractivity contribution < 1.29 is 0 Å². The second-order valence-corrected chi connectivity index (χ2v) is 5.34. The zero-order valence-electron chi connectivity index (χ0n) is 9.41. The average Bonchev–Trinajstić information content (AvgIpc) is 2.76. The summed E-state index contributed by atoms with van der Waals surface area (Å²) in [5, 5.41) is 0. The molecule has 0 aromatic heterocycles. The molecule has 2 bridgehead atoms. The number of nitrogens with two attached hydrogens (primary N) is 1. The van der Waals surface area contributed by atoms with E-state index in [9.17, 15) is 0 Å². The molecular formula is C12H24N2. The SMILES string of the molecule is CN(CCCN)CC1CC2CCC1C2. The minimum absolute atomic E-state index is 0.834. The molecule has 0 spiro atoms. The molecule has 2 saturated carbocycles. The van der Waals surface area contributed by atoms with Crippen LogP contribution in [0.25, 0.3) is 0 Å². The summed E-state index contributed by atoms with van der Waals surface area (Å²) in [6.45, 7) is 3.34. The van der Waals surface area contributed by atoms with Crippen LogP contribution in [0.3, 0.4) is 0 Å². The highest BCUT2D eigenvalue weighted by Crippen LogP contribution is 2.48. The van der Waals surface area contributed by atoms with Crippen molar-refractivity contribution in [2.75, 3.05) is 26.7 Å². The average molecular weight is 196 g/mol. The van der Waals surface area contributed by atoms with Gasteiger partial charge in [0.2, 0.25) is 0 Å². The topological polar surface area (TPSA) is 29.3 Å². The van der Waals surface area contributed by atoms with E-state index in [2.05, 4.69) is 11.9 Å². The lowest BCUT2D eigenvalue weighted by Gasteiger charge is -2.27. The van der Waals surface area contributed by atoms with Gasteiger partial charge in [-0.2, -0.15) is 0 Å². The summed E-state index contributed by atoms with van der Waals surface area (Å²) in [5.41, 5.74) is 5.52. The highest BCUT2D eigenvalue weighted by atomic mass is 15.1. The van der Waals surface area contributed by atoms with Gasteiger partial charge < -0.3 is 10.6 Å². The predicted molar refractivity (Wildman–Crippen MR) is 60.1 cm³/mol. The van der Waals surface area contributed by atoms with Gasteiger partial charge in [0.15, 0.2) is 0 Å². The molecule has 0 aromatic carbocycles. The van der Waals surface area contributed by atoms with Crippen LogP contribution in [0, 0.1) is 17.8 Å². The first-order chi connectivity index (χ1) is 6.79. The van der Waals surface area contributed by atoms with Crippen LogP contribution in [0.2, 0.25) is 0 Å². The molecule has 2 fully saturated rings. The van der Waals surface area contributed by atoms with Gasteiger partial charge in [0, 0.05) is 6.54 Å². The lowest BCUT2D eigenvalue weighted by atomic mass is 9.88. The van der Waals surface area contributed by atoms with E-state index in [1.165, 1.54) is 38.8 Å².